The molecule has 1 rings (SSSR count). The molecule has 11 heteroatoms. The highest BCUT2D eigenvalue weighted by Gasteiger charge is 2.19. The Hall–Kier alpha value is -2.05. The quantitative estimate of drug-likeness (QED) is 0.220. The monoisotopic (exact) mass is 431 g/mol. The maximum absolute atomic E-state index is 12.6. The van der Waals surface area contributed by atoms with Gasteiger partial charge in [0.2, 0.25) is 0 Å². The zero-order chi connectivity index (χ0) is 22.7. The number of nitrogens with zero attached hydrogens (tertiary/aromatic N) is 3. The molecule has 0 spiro atoms. The second-order valence-corrected chi connectivity index (χ2v) is 6.90. The molecule has 0 amide bonds. The average Bonchev–Trinajstić information content (AvgIpc) is 2.73. The van der Waals surface area contributed by atoms with Crippen LogP contribution in [0.4, 0.5) is 0 Å². The Morgan fingerprint density at radius 1 is 0.800 bits per heavy atom. The van der Waals surface area contributed by atoms with Crippen LogP contribution in [-0.4, -0.2) is 73.8 Å². The highest BCUT2D eigenvalue weighted by molar-refractivity contribution is 4.83. The van der Waals surface area contributed by atoms with Gasteiger partial charge in [-0.3, -0.25) is 0 Å². The van der Waals surface area contributed by atoms with Crippen molar-refractivity contribution >= 4 is 0 Å². The molecule has 172 valence electrons. The first-order chi connectivity index (χ1) is 14.3. The third-order valence-corrected chi connectivity index (χ3v) is 4.42. The van der Waals surface area contributed by atoms with Gasteiger partial charge in [0, 0.05) is 0 Å². The topological polar surface area (TPSA) is 145 Å². The van der Waals surface area contributed by atoms with Crippen molar-refractivity contribution in [3.8, 4) is 0 Å². The van der Waals surface area contributed by atoms with E-state index in [0.717, 1.165) is 13.7 Å². The average molecular weight is 431 g/mol. The lowest BCUT2D eigenvalue weighted by Crippen LogP contribution is -2.56. The third-order valence-electron chi connectivity index (χ3n) is 4.42. The molecule has 0 aromatic carbocycles. The van der Waals surface area contributed by atoms with E-state index in [4.69, 9.17) is 9.47 Å². The van der Waals surface area contributed by atoms with Crippen LogP contribution in [0.1, 0.15) is 26.7 Å². The Balaban J connectivity index is 2.87. The number of aromatic nitrogens is 3. The van der Waals surface area contributed by atoms with Gasteiger partial charge >= 0.3 is 17.1 Å². The van der Waals surface area contributed by atoms with Crippen LogP contribution >= 0.6 is 0 Å². The van der Waals surface area contributed by atoms with Crippen LogP contribution in [0.15, 0.2) is 27.0 Å². The van der Waals surface area contributed by atoms with Gasteiger partial charge in [-0.2, -0.15) is 0 Å². The molecule has 3 atom stereocenters. The first-order valence-electron chi connectivity index (χ1n) is 10.0. The molecule has 30 heavy (non-hydrogen) atoms. The van der Waals surface area contributed by atoms with Crippen LogP contribution in [0.5, 0.6) is 0 Å². The minimum atomic E-state index is -1.18. The fraction of sp³-hybridized carbons (Fsp3) is 0.737. The lowest BCUT2D eigenvalue weighted by atomic mass is 10.3. The Morgan fingerprint density at radius 2 is 1.23 bits per heavy atom. The molecule has 3 unspecified atom stereocenters. The summed E-state index contributed by atoms with van der Waals surface area (Å²) in [7, 11) is 0. The summed E-state index contributed by atoms with van der Waals surface area (Å²) in [6.07, 6.45) is -0.418. The van der Waals surface area contributed by atoms with E-state index in [9.17, 15) is 29.7 Å². The van der Waals surface area contributed by atoms with Crippen LogP contribution in [0.3, 0.4) is 0 Å². The fourth-order valence-corrected chi connectivity index (χ4v) is 2.56. The molecule has 0 bridgehead atoms. The van der Waals surface area contributed by atoms with Crippen molar-refractivity contribution in [2.45, 2.75) is 64.6 Å². The molecule has 3 N–H and O–H groups in total. The molecular formula is C19H33N3O8. The van der Waals surface area contributed by atoms with Crippen molar-refractivity contribution in [1.29, 1.82) is 0 Å². The van der Waals surface area contributed by atoms with E-state index in [1.54, 1.807) is 6.92 Å². The summed E-state index contributed by atoms with van der Waals surface area (Å²) in [5.41, 5.74) is -2.62. The van der Waals surface area contributed by atoms with Crippen LogP contribution in [0.25, 0.3) is 0 Å². The van der Waals surface area contributed by atoms with Crippen LogP contribution in [-0.2, 0) is 29.1 Å². The smallest absolute Gasteiger partial charge is 0.336 e. The number of hydrogen-bond donors (Lipinski definition) is 3. The number of allylic oxidation sites excluding steroid dienone is 1. The molecule has 0 aliphatic rings. The number of hydrogen-bond acceptors (Lipinski definition) is 8. The SMILES string of the molecule is C=CCn1c(=O)n(CC(O)CC)c(=O)n(CC(O)COCCOCC(O)CC)c1=O. The summed E-state index contributed by atoms with van der Waals surface area (Å²) in [5.74, 6) is 0. The van der Waals surface area contributed by atoms with Crippen molar-refractivity contribution < 1.29 is 24.8 Å². The van der Waals surface area contributed by atoms with Gasteiger partial charge in [-0.15, -0.1) is 6.58 Å². The van der Waals surface area contributed by atoms with Crippen LogP contribution in [0.2, 0.25) is 0 Å². The van der Waals surface area contributed by atoms with Crippen LogP contribution < -0.4 is 17.1 Å². The van der Waals surface area contributed by atoms with Gasteiger partial charge in [-0.1, -0.05) is 19.9 Å². The van der Waals surface area contributed by atoms with E-state index < -0.39 is 35.4 Å². The highest BCUT2D eigenvalue weighted by Crippen LogP contribution is 1.94. The molecule has 0 radical (unpaired) electrons. The summed E-state index contributed by atoms with van der Waals surface area (Å²) >= 11 is 0. The fourth-order valence-electron chi connectivity index (χ4n) is 2.56. The van der Waals surface area contributed by atoms with Crippen molar-refractivity contribution in [2.24, 2.45) is 0 Å². The van der Waals surface area contributed by atoms with E-state index in [2.05, 4.69) is 6.58 Å². The zero-order valence-corrected chi connectivity index (χ0v) is 17.6. The molecule has 0 aliphatic heterocycles. The van der Waals surface area contributed by atoms with E-state index in [0.29, 0.717) is 12.8 Å². The van der Waals surface area contributed by atoms with E-state index >= 15 is 0 Å². The molecule has 1 heterocycles. The van der Waals surface area contributed by atoms with Crippen molar-refractivity contribution in [2.75, 3.05) is 26.4 Å². The Bertz CT molecular complexity index is 829. The molecule has 0 saturated heterocycles. The van der Waals surface area contributed by atoms with Crippen LogP contribution in [0, 0.1) is 0 Å². The lowest BCUT2D eigenvalue weighted by molar-refractivity contribution is -0.0208. The minimum Gasteiger partial charge on any atom is -0.391 e. The highest BCUT2D eigenvalue weighted by atomic mass is 16.5. The maximum Gasteiger partial charge on any atom is 0.336 e. The second-order valence-electron chi connectivity index (χ2n) is 6.90. The number of ether oxygens (including phenoxy) is 2. The van der Waals surface area contributed by atoms with Crippen molar-refractivity contribution in [3.05, 3.63) is 44.1 Å². The van der Waals surface area contributed by atoms with Gasteiger partial charge in [0.25, 0.3) is 0 Å². The first kappa shape index (κ1) is 26.0. The molecule has 0 fully saturated rings. The lowest BCUT2D eigenvalue weighted by Gasteiger charge is -2.17. The molecule has 1 aromatic heterocycles. The summed E-state index contributed by atoms with van der Waals surface area (Å²) in [5, 5.41) is 29.4. The Morgan fingerprint density at radius 3 is 1.70 bits per heavy atom. The molecule has 0 saturated carbocycles. The summed E-state index contributed by atoms with van der Waals surface area (Å²) in [6.45, 7) is 6.66. The van der Waals surface area contributed by atoms with Gasteiger partial charge < -0.3 is 24.8 Å². The Labute approximate surface area is 174 Å². The number of aliphatic hydroxyl groups excluding tert-OH is 3. The van der Waals surface area contributed by atoms with Gasteiger partial charge in [0.15, 0.2) is 0 Å². The standard InChI is InChI=1S/C19H33N3O8/c1-4-7-20-17(26)21(10-14(23)5-2)19(28)22(18(20)27)11-16(25)13-30-9-8-29-12-15(24)6-3/h4,14-16,23-25H,1,5-13H2,2-3H3. The third kappa shape index (κ3) is 7.65. The maximum atomic E-state index is 12.6. The van der Waals surface area contributed by atoms with Gasteiger partial charge in [0.1, 0.15) is 0 Å². The predicted molar refractivity (Wildman–Crippen MR) is 110 cm³/mol. The van der Waals surface area contributed by atoms with E-state index in [1.165, 1.54) is 6.08 Å². The molecular weight excluding hydrogens is 398 g/mol. The van der Waals surface area contributed by atoms with E-state index in [1.807, 2.05) is 6.92 Å². The van der Waals surface area contributed by atoms with E-state index in [-0.39, 0.29) is 46.1 Å². The molecule has 1 aromatic rings. The Kier molecular flexibility index (Phi) is 11.5. The molecule has 0 aliphatic carbocycles. The van der Waals surface area contributed by atoms with Crippen molar-refractivity contribution in [3.63, 3.8) is 0 Å². The second kappa shape index (κ2) is 13.3. The molecule has 11 nitrogen and oxygen atoms in total. The summed E-state index contributed by atoms with van der Waals surface area (Å²) < 4.78 is 12.8. The minimum absolute atomic E-state index is 0.117. The predicted octanol–water partition coefficient (Wildman–Crippen LogP) is -1.71. The first-order valence-corrected chi connectivity index (χ1v) is 10.0. The van der Waals surface area contributed by atoms with Gasteiger partial charge in [-0.05, 0) is 12.8 Å². The summed E-state index contributed by atoms with van der Waals surface area (Å²) in [6, 6.07) is 0. The normalized spacial score (nSPS) is 14.4. The number of aliphatic hydroxyl groups is 3. The zero-order valence-electron chi connectivity index (χ0n) is 17.6. The van der Waals surface area contributed by atoms with Gasteiger partial charge in [-0.25, -0.2) is 28.1 Å². The largest absolute Gasteiger partial charge is 0.391 e. The number of rotatable bonds is 15. The van der Waals surface area contributed by atoms with Gasteiger partial charge in [0.05, 0.1) is 64.4 Å². The summed E-state index contributed by atoms with van der Waals surface area (Å²) in [4.78, 5) is 37.7. The van der Waals surface area contributed by atoms with Crippen molar-refractivity contribution in [1.82, 2.24) is 13.7 Å².